The minimum absolute atomic E-state index is 0.175. The fourth-order valence-corrected chi connectivity index (χ4v) is 4.08. The molecule has 21 heavy (non-hydrogen) atoms. The Bertz CT molecular complexity index is 547. The monoisotopic (exact) mass is 354 g/mol. The Labute approximate surface area is 136 Å². The Balaban J connectivity index is 1.89. The summed E-state index contributed by atoms with van der Waals surface area (Å²) in [5.74, 6) is 0.842. The smallest absolute Gasteiger partial charge is 0.0739 e. The minimum atomic E-state index is 0.175. The molecule has 1 aromatic heterocycles. The average molecular weight is 355 g/mol. The second-order valence-electron chi connectivity index (χ2n) is 7.69. The van der Waals surface area contributed by atoms with Gasteiger partial charge in [-0.15, -0.1) is 0 Å². The highest BCUT2D eigenvalue weighted by Crippen LogP contribution is 2.45. The van der Waals surface area contributed by atoms with E-state index in [0.717, 1.165) is 31.2 Å². The van der Waals surface area contributed by atoms with Gasteiger partial charge in [-0.3, -0.25) is 9.58 Å². The fourth-order valence-electron chi connectivity index (χ4n) is 3.62. The van der Waals surface area contributed by atoms with Gasteiger partial charge in [0.05, 0.1) is 15.9 Å². The standard InChI is InChI=1S/C16H27BrN4/c1-11-14(17)13(20(5)19-11)8-21-10-15(2,3)18-9-16(21,4)12-6-7-12/h12,18H,6-10H2,1-5H3. The van der Waals surface area contributed by atoms with E-state index < -0.39 is 0 Å². The maximum absolute atomic E-state index is 4.55. The quantitative estimate of drug-likeness (QED) is 0.905. The third-order valence-electron chi connectivity index (χ3n) is 5.29. The SMILES string of the molecule is Cc1nn(C)c(CN2CC(C)(C)NCC2(C)C2CC2)c1Br. The molecular weight excluding hydrogens is 328 g/mol. The van der Waals surface area contributed by atoms with Crippen LogP contribution in [0.25, 0.3) is 0 Å². The third kappa shape index (κ3) is 2.80. The molecule has 0 amide bonds. The summed E-state index contributed by atoms with van der Waals surface area (Å²) in [6.45, 7) is 12.2. The van der Waals surface area contributed by atoms with Crippen molar-refractivity contribution in [1.29, 1.82) is 0 Å². The van der Waals surface area contributed by atoms with Crippen molar-refractivity contribution in [3.63, 3.8) is 0 Å². The van der Waals surface area contributed by atoms with Crippen molar-refractivity contribution in [3.05, 3.63) is 15.9 Å². The molecule has 1 saturated carbocycles. The van der Waals surface area contributed by atoms with Crippen molar-refractivity contribution >= 4 is 15.9 Å². The van der Waals surface area contributed by atoms with E-state index >= 15 is 0 Å². The van der Waals surface area contributed by atoms with Gasteiger partial charge in [0.15, 0.2) is 0 Å². The largest absolute Gasteiger partial charge is 0.309 e. The summed E-state index contributed by atoms with van der Waals surface area (Å²) in [5, 5.41) is 8.29. The van der Waals surface area contributed by atoms with Crippen LogP contribution in [0.4, 0.5) is 0 Å². The zero-order valence-electron chi connectivity index (χ0n) is 13.8. The Hall–Kier alpha value is -0.390. The highest BCUT2D eigenvalue weighted by Gasteiger charge is 2.49. The summed E-state index contributed by atoms with van der Waals surface area (Å²) in [7, 11) is 2.05. The molecule has 1 atom stereocenters. The molecule has 1 unspecified atom stereocenters. The van der Waals surface area contributed by atoms with Gasteiger partial charge in [0, 0.05) is 37.8 Å². The lowest BCUT2D eigenvalue weighted by Crippen LogP contribution is -2.67. The first kappa shape index (κ1) is 15.5. The van der Waals surface area contributed by atoms with Crippen LogP contribution >= 0.6 is 15.9 Å². The van der Waals surface area contributed by atoms with E-state index in [0.29, 0.717) is 0 Å². The van der Waals surface area contributed by atoms with E-state index in [1.807, 2.05) is 4.68 Å². The number of hydrogen-bond acceptors (Lipinski definition) is 3. The molecule has 0 aromatic carbocycles. The van der Waals surface area contributed by atoms with Crippen molar-refractivity contribution in [3.8, 4) is 0 Å². The van der Waals surface area contributed by atoms with Crippen molar-refractivity contribution in [2.24, 2.45) is 13.0 Å². The average Bonchev–Trinajstić information content (AvgIpc) is 3.20. The van der Waals surface area contributed by atoms with Crippen molar-refractivity contribution < 1.29 is 0 Å². The molecule has 2 heterocycles. The van der Waals surface area contributed by atoms with E-state index in [1.165, 1.54) is 23.0 Å². The van der Waals surface area contributed by atoms with Crippen molar-refractivity contribution in [1.82, 2.24) is 20.0 Å². The Morgan fingerprint density at radius 1 is 1.33 bits per heavy atom. The van der Waals surface area contributed by atoms with Crippen LogP contribution < -0.4 is 5.32 Å². The fraction of sp³-hybridized carbons (Fsp3) is 0.812. The Kier molecular flexibility index (Phi) is 3.74. The molecule has 0 spiro atoms. The van der Waals surface area contributed by atoms with Crippen molar-refractivity contribution in [2.75, 3.05) is 13.1 Å². The minimum Gasteiger partial charge on any atom is -0.309 e. The molecule has 0 bridgehead atoms. The number of hydrogen-bond donors (Lipinski definition) is 1. The summed E-state index contributed by atoms with van der Waals surface area (Å²) >= 11 is 3.72. The van der Waals surface area contributed by atoms with Gasteiger partial charge in [-0.05, 0) is 62.4 Å². The van der Waals surface area contributed by atoms with E-state index in [2.05, 4.69) is 66.0 Å². The molecule has 118 valence electrons. The topological polar surface area (TPSA) is 33.1 Å². The zero-order valence-corrected chi connectivity index (χ0v) is 15.4. The predicted octanol–water partition coefficient (Wildman–Crippen LogP) is 2.84. The van der Waals surface area contributed by atoms with Gasteiger partial charge in [0.2, 0.25) is 0 Å². The van der Waals surface area contributed by atoms with Crippen LogP contribution in [0.2, 0.25) is 0 Å². The predicted molar refractivity (Wildman–Crippen MR) is 89.3 cm³/mol. The first-order valence-electron chi connectivity index (χ1n) is 7.91. The lowest BCUT2D eigenvalue weighted by molar-refractivity contribution is 0.00341. The maximum Gasteiger partial charge on any atom is 0.0739 e. The zero-order chi connectivity index (χ0) is 15.4. The van der Waals surface area contributed by atoms with Crippen molar-refractivity contribution in [2.45, 2.75) is 58.2 Å². The number of aromatic nitrogens is 2. The molecule has 5 heteroatoms. The van der Waals surface area contributed by atoms with Crippen LogP contribution in [0.5, 0.6) is 0 Å². The highest BCUT2D eigenvalue weighted by atomic mass is 79.9. The van der Waals surface area contributed by atoms with Crippen LogP contribution in [0.3, 0.4) is 0 Å². The normalized spacial score (nSPS) is 29.8. The van der Waals surface area contributed by atoms with E-state index in [1.54, 1.807) is 0 Å². The lowest BCUT2D eigenvalue weighted by Gasteiger charge is -2.51. The number of nitrogens with one attached hydrogen (secondary N) is 1. The molecule has 2 aliphatic rings. The second-order valence-corrected chi connectivity index (χ2v) is 8.49. The number of aryl methyl sites for hydroxylation is 2. The summed E-state index contributed by atoms with van der Waals surface area (Å²) < 4.78 is 3.20. The van der Waals surface area contributed by atoms with Crippen LogP contribution in [0, 0.1) is 12.8 Å². The van der Waals surface area contributed by atoms with Gasteiger partial charge < -0.3 is 5.32 Å². The molecule has 1 aromatic rings. The second kappa shape index (κ2) is 5.07. The van der Waals surface area contributed by atoms with Gasteiger partial charge >= 0.3 is 0 Å². The molecule has 4 nitrogen and oxygen atoms in total. The molecular formula is C16H27BrN4. The lowest BCUT2D eigenvalue weighted by atomic mass is 9.86. The number of halogens is 1. The van der Waals surface area contributed by atoms with Gasteiger partial charge in [0.25, 0.3) is 0 Å². The van der Waals surface area contributed by atoms with E-state index in [4.69, 9.17) is 0 Å². The number of rotatable bonds is 3. The highest BCUT2D eigenvalue weighted by molar-refractivity contribution is 9.10. The molecule has 3 rings (SSSR count). The summed E-state index contributed by atoms with van der Waals surface area (Å²) in [6, 6.07) is 0. The molecule has 2 fully saturated rings. The number of piperazine rings is 1. The van der Waals surface area contributed by atoms with Gasteiger partial charge in [-0.2, -0.15) is 5.10 Å². The van der Waals surface area contributed by atoms with Gasteiger partial charge in [-0.25, -0.2) is 0 Å². The van der Waals surface area contributed by atoms with Gasteiger partial charge in [0.1, 0.15) is 0 Å². The Morgan fingerprint density at radius 2 is 2.00 bits per heavy atom. The molecule has 1 aliphatic heterocycles. The summed E-state index contributed by atoms with van der Waals surface area (Å²) in [5.41, 5.74) is 2.81. The Morgan fingerprint density at radius 3 is 2.52 bits per heavy atom. The van der Waals surface area contributed by atoms with E-state index in [9.17, 15) is 0 Å². The third-order valence-corrected chi connectivity index (χ3v) is 6.32. The van der Waals surface area contributed by atoms with Crippen LogP contribution in [-0.4, -0.2) is 38.8 Å². The maximum atomic E-state index is 4.55. The first-order chi connectivity index (χ1) is 9.73. The first-order valence-corrected chi connectivity index (χ1v) is 8.70. The summed E-state index contributed by atoms with van der Waals surface area (Å²) in [4.78, 5) is 2.68. The van der Waals surface area contributed by atoms with Crippen LogP contribution in [-0.2, 0) is 13.6 Å². The molecule has 1 aliphatic carbocycles. The number of nitrogens with zero attached hydrogens (tertiary/aromatic N) is 3. The molecule has 1 N–H and O–H groups in total. The summed E-state index contributed by atoms with van der Waals surface area (Å²) in [6.07, 6.45) is 2.75. The molecule has 1 saturated heterocycles. The molecule has 0 radical (unpaired) electrons. The van der Waals surface area contributed by atoms with Gasteiger partial charge in [-0.1, -0.05) is 0 Å². The van der Waals surface area contributed by atoms with Crippen LogP contribution in [0.15, 0.2) is 4.47 Å². The van der Waals surface area contributed by atoms with Crippen LogP contribution in [0.1, 0.15) is 45.0 Å². The van der Waals surface area contributed by atoms with E-state index in [-0.39, 0.29) is 11.1 Å².